The molecule has 1 heterocycles. The molecule has 2 rings (SSSR count). The van der Waals surface area contributed by atoms with E-state index in [1.165, 1.54) is 22.7 Å². The quantitative estimate of drug-likeness (QED) is 0.823. The van der Waals surface area contributed by atoms with Gasteiger partial charge in [-0.1, -0.05) is 43.2 Å². The predicted octanol–water partition coefficient (Wildman–Crippen LogP) is 2.98. The Balaban J connectivity index is 1.89. The van der Waals surface area contributed by atoms with E-state index in [-0.39, 0.29) is 6.04 Å². The van der Waals surface area contributed by atoms with Gasteiger partial charge in [0, 0.05) is 30.5 Å². The Morgan fingerprint density at radius 1 is 1.40 bits per heavy atom. The van der Waals surface area contributed by atoms with Gasteiger partial charge in [-0.3, -0.25) is 0 Å². The molecule has 4 nitrogen and oxygen atoms in total. The summed E-state index contributed by atoms with van der Waals surface area (Å²) in [6, 6.07) is 8.63. The van der Waals surface area contributed by atoms with Crippen LogP contribution in [0.2, 0.25) is 0 Å². The Morgan fingerprint density at radius 3 is 3.00 bits per heavy atom. The van der Waals surface area contributed by atoms with Crippen molar-refractivity contribution in [3.63, 3.8) is 0 Å². The fourth-order valence-electron chi connectivity index (χ4n) is 2.09. The van der Waals surface area contributed by atoms with Crippen molar-refractivity contribution in [3.8, 4) is 0 Å². The molecule has 0 saturated carbocycles. The SMILES string of the molecule is CCCC(N)CNc1nc(Cc2cccc(C)c2)ns1. The summed E-state index contributed by atoms with van der Waals surface area (Å²) >= 11 is 1.41. The lowest BCUT2D eigenvalue weighted by molar-refractivity contribution is 0.626. The molecule has 0 aliphatic rings. The average molecular weight is 290 g/mol. The molecule has 1 atom stereocenters. The van der Waals surface area contributed by atoms with Crippen molar-refractivity contribution in [1.29, 1.82) is 0 Å². The standard InChI is InChI=1S/C15H22N4S/c1-3-5-13(16)10-17-15-18-14(19-20-15)9-12-7-4-6-11(2)8-12/h4,6-8,13H,3,5,9-10,16H2,1-2H3,(H,17,18,19). The van der Waals surface area contributed by atoms with Crippen molar-refractivity contribution in [2.75, 3.05) is 11.9 Å². The summed E-state index contributed by atoms with van der Waals surface area (Å²) in [5.41, 5.74) is 8.49. The number of nitrogens with two attached hydrogens (primary N) is 1. The molecule has 0 amide bonds. The van der Waals surface area contributed by atoms with Crippen LogP contribution in [0.5, 0.6) is 0 Å². The Kier molecular flexibility index (Phi) is 5.49. The van der Waals surface area contributed by atoms with Crippen LogP contribution in [0.25, 0.3) is 0 Å². The van der Waals surface area contributed by atoms with Crippen LogP contribution in [-0.2, 0) is 6.42 Å². The van der Waals surface area contributed by atoms with Gasteiger partial charge in [-0.15, -0.1) is 0 Å². The van der Waals surface area contributed by atoms with Crippen LogP contribution in [0.15, 0.2) is 24.3 Å². The van der Waals surface area contributed by atoms with Gasteiger partial charge in [0.1, 0.15) is 5.82 Å². The van der Waals surface area contributed by atoms with Crippen molar-refractivity contribution >= 4 is 16.7 Å². The number of anilines is 1. The Bertz CT molecular complexity index is 538. The lowest BCUT2D eigenvalue weighted by Gasteiger charge is -2.09. The molecule has 0 aliphatic heterocycles. The van der Waals surface area contributed by atoms with Crippen LogP contribution in [0.4, 0.5) is 5.13 Å². The summed E-state index contributed by atoms with van der Waals surface area (Å²) in [6.45, 7) is 5.00. The smallest absolute Gasteiger partial charge is 0.202 e. The van der Waals surface area contributed by atoms with Crippen molar-refractivity contribution in [1.82, 2.24) is 9.36 Å². The molecule has 1 aromatic heterocycles. The normalized spacial score (nSPS) is 12.3. The van der Waals surface area contributed by atoms with Gasteiger partial charge in [-0.2, -0.15) is 4.37 Å². The fourth-order valence-corrected chi connectivity index (χ4v) is 2.68. The minimum absolute atomic E-state index is 0.184. The number of aromatic nitrogens is 2. The predicted molar refractivity (Wildman–Crippen MR) is 85.3 cm³/mol. The largest absolute Gasteiger partial charge is 0.359 e. The zero-order chi connectivity index (χ0) is 14.4. The van der Waals surface area contributed by atoms with Gasteiger partial charge >= 0.3 is 0 Å². The zero-order valence-corrected chi connectivity index (χ0v) is 12.9. The number of aryl methyl sites for hydroxylation is 1. The average Bonchev–Trinajstić information content (AvgIpc) is 2.84. The number of rotatable bonds is 7. The first-order valence-corrected chi connectivity index (χ1v) is 7.82. The van der Waals surface area contributed by atoms with Gasteiger partial charge in [-0.25, -0.2) is 4.98 Å². The molecule has 5 heteroatoms. The van der Waals surface area contributed by atoms with E-state index >= 15 is 0 Å². The van der Waals surface area contributed by atoms with Crippen LogP contribution >= 0.6 is 11.5 Å². The third kappa shape index (κ3) is 4.58. The maximum Gasteiger partial charge on any atom is 0.202 e. The molecule has 108 valence electrons. The van der Waals surface area contributed by atoms with Crippen molar-refractivity contribution in [2.24, 2.45) is 5.73 Å². The Labute approximate surface area is 124 Å². The molecule has 20 heavy (non-hydrogen) atoms. The molecular weight excluding hydrogens is 268 g/mol. The minimum Gasteiger partial charge on any atom is -0.359 e. The molecular formula is C15H22N4S. The Hall–Kier alpha value is -1.46. The van der Waals surface area contributed by atoms with Crippen LogP contribution in [0.3, 0.4) is 0 Å². The summed E-state index contributed by atoms with van der Waals surface area (Å²) in [6.07, 6.45) is 2.92. The lowest BCUT2D eigenvalue weighted by Crippen LogP contribution is -2.28. The second-order valence-corrected chi connectivity index (χ2v) is 5.86. The first kappa shape index (κ1) is 14.9. The number of hydrogen-bond donors (Lipinski definition) is 2. The molecule has 1 aromatic carbocycles. The summed E-state index contributed by atoms with van der Waals surface area (Å²) in [7, 11) is 0. The molecule has 3 N–H and O–H groups in total. The summed E-state index contributed by atoms with van der Waals surface area (Å²) < 4.78 is 4.39. The number of benzene rings is 1. The van der Waals surface area contributed by atoms with Crippen LogP contribution in [0.1, 0.15) is 36.7 Å². The number of nitrogens with zero attached hydrogens (tertiary/aromatic N) is 2. The van der Waals surface area contributed by atoms with E-state index in [0.717, 1.165) is 36.8 Å². The molecule has 0 bridgehead atoms. The summed E-state index contributed by atoms with van der Waals surface area (Å²) in [4.78, 5) is 4.51. The summed E-state index contributed by atoms with van der Waals surface area (Å²) in [5, 5.41) is 4.13. The van der Waals surface area contributed by atoms with E-state index in [1.54, 1.807) is 0 Å². The van der Waals surface area contributed by atoms with Gasteiger partial charge in [0.15, 0.2) is 0 Å². The Morgan fingerprint density at radius 2 is 2.25 bits per heavy atom. The maximum atomic E-state index is 5.97. The minimum atomic E-state index is 0.184. The van der Waals surface area contributed by atoms with Crippen LogP contribution < -0.4 is 11.1 Å². The van der Waals surface area contributed by atoms with Crippen LogP contribution in [0, 0.1) is 6.92 Å². The maximum absolute atomic E-state index is 5.97. The topological polar surface area (TPSA) is 63.8 Å². The third-order valence-corrected chi connectivity index (χ3v) is 3.80. The van der Waals surface area contributed by atoms with Crippen molar-refractivity contribution in [3.05, 3.63) is 41.2 Å². The van der Waals surface area contributed by atoms with Crippen molar-refractivity contribution in [2.45, 2.75) is 39.2 Å². The monoisotopic (exact) mass is 290 g/mol. The second-order valence-electron chi connectivity index (χ2n) is 5.11. The van der Waals surface area contributed by atoms with Gasteiger partial charge < -0.3 is 11.1 Å². The van der Waals surface area contributed by atoms with E-state index in [2.05, 4.69) is 52.8 Å². The van der Waals surface area contributed by atoms with Gasteiger partial charge in [0.05, 0.1) is 0 Å². The molecule has 0 spiro atoms. The second kappa shape index (κ2) is 7.36. The molecule has 0 aliphatic carbocycles. The molecule has 1 unspecified atom stereocenters. The molecule has 0 radical (unpaired) electrons. The highest BCUT2D eigenvalue weighted by atomic mass is 32.1. The lowest BCUT2D eigenvalue weighted by atomic mass is 10.1. The van der Waals surface area contributed by atoms with Gasteiger partial charge in [0.25, 0.3) is 0 Å². The highest BCUT2D eigenvalue weighted by molar-refractivity contribution is 7.09. The van der Waals surface area contributed by atoms with Gasteiger partial charge in [0.2, 0.25) is 5.13 Å². The molecule has 0 saturated heterocycles. The van der Waals surface area contributed by atoms with Crippen LogP contribution in [-0.4, -0.2) is 21.9 Å². The summed E-state index contributed by atoms with van der Waals surface area (Å²) in [5.74, 6) is 0.868. The molecule has 2 aromatic rings. The van der Waals surface area contributed by atoms with E-state index < -0.39 is 0 Å². The third-order valence-electron chi connectivity index (χ3n) is 3.09. The van der Waals surface area contributed by atoms with Crippen molar-refractivity contribution < 1.29 is 0 Å². The van der Waals surface area contributed by atoms with E-state index in [9.17, 15) is 0 Å². The van der Waals surface area contributed by atoms with E-state index in [1.807, 2.05) is 0 Å². The van der Waals surface area contributed by atoms with E-state index in [0.29, 0.717) is 0 Å². The van der Waals surface area contributed by atoms with Gasteiger partial charge in [-0.05, 0) is 18.9 Å². The van der Waals surface area contributed by atoms with E-state index in [4.69, 9.17) is 5.73 Å². The highest BCUT2D eigenvalue weighted by Crippen LogP contribution is 2.15. The fraction of sp³-hybridized carbons (Fsp3) is 0.467. The highest BCUT2D eigenvalue weighted by Gasteiger charge is 2.07. The molecule has 0 fully saturated rings. The number of hydrogen-bond acceptors (Lipinski definition) is 5. The number of nitrogens with one attached hydrogen (secondary N) is 1. The first-order chi connectivity index (χ1) is 9.67. The first-order valence-electron chi connectivity index (χ1n) is 7.05. The zero-order valence-electron chi connectivity index (χ0n) is 12.1.